The molecular weight excluding hydrogens is 178 g/mol. The van der Waals surface area contributed by atoms with Crippen LogP contribution in [0.4, 0.5) is 0 Å². The Morgan fingerprint density at radius 2 is 2.00 bits per heavy atom. The van der Waals surface area contributed by atoms with Gasteiger partial charge in [0.2, 0.25) is 0 Å². The van der Waals surface area contributed by atoms with E-state index in [1.807, 2.05) is 0 Å². The molecule has 0 aromatic heterocycles. The van der Waals surface area contributed by atoms with Gasteiger partial charge in [0, 0.05) is 11.6 Å². The molecule has 0 saturated carbocycles. The molecule has 3 heteroatoms. The van der Waals surface area contributed by atoms with Crippen molar-refractivity contribution in [2.45, 2.75) is 25.3 Å². The van der Waals surface area contributed by atoms with Gasteiger partial charge in [-0.3, -0.25) is 0 Å². The SMILES string of the molecule is Oc1cccc(O)c1CC1CCCN1. The Balaban J connectivity index is 2.14. The number of benzene rings is 1. The lowest BCUT2D eigenvalue weighted by molar-refractivity contribution is 0.430. The van der Waals surface area contributed by atoms with Crippen molar-refractivity contribution in [1.29, 1.82) is 0 Å². The summed E-state index contributed by atoms with van der Waals surface area (Å²) in [6.07, 6.45) is 3.01. The Hall–Kier alpha value is -1.22. The number of phenolic OH excluding ortho intramolecular Hbond substituents is 2. The van der Waals surface area contributed by atoms with Crippen molar-refractivity contribution in [3.05, 3.63) is 23.8 Å². The summed E-state index contributed by atoms with van der Waals surface area (Å²) in [7, 11) is 0. The van der Waals surface area contributed by atoms with Crippen LogP contribution in [0.15, 0.2) is 18.2 Å². The highest BCUT2D eigenvalue weighted by molar-refractivity contribution is 5.43. The minimum Gasteiger partial charge on any atom is -0.508 e. The summed E-state index contributed by atoms with van der Waals surface area (Å²) in [6, 6.07) is 5.28. The number of aromatic hydroxyl groups is 2. The van der Waals surface area contributed by atoms with Crippen molar-refractivity contribution < 1.29 is 10.2 Å². The summed E-state index contributed by atoms with van der Waals surface area (Å²) >= 11 is 0. The summed E-state index contributed by atoms with van der Waals surface area (Å²) < 4.78 is 0. The van der Waals surface area contributed by atoms with Gasteiger partial charge in [-0.2, -0.15) is 0 Å². The van der Waals surface area contributed by atoms with Gasteiger partial charge in [-0.05, 0) is 37.9 Å². The van der Waals surface area contributed by atoms with Crippen LogP contribution in [0.3, 0.4) is 0 Å². The van der Waals surface area contributed by atoms with E-state index in [1.165, 1.54) is 6.42 Å². The lowest BCUT2D eigenvalue weighted by atomic mass is 10.0. The summed E-state index contributed by atoms with van der Waals surface area (Å²) in [4.78, 5) is 0. The van der Waals surface area contributed by atoms with E-state index < -0.39 is 0 Å². The molecule has 0 spiro atoms. The number of nitrogens with one attached hydrogen (secondary N) is 1. The van der Waals surface area contributed by atoms with Crippen molar-refractivity contribution in [3.8, 4) is 11.5 Å². The number of phenols is 2. The molecule has 1 aromatic rings. The average Bonchev–Trinajstić information content (AvgIpc) is 2.64. The minimum absolute atomic E-state index is 0.193. The van der Waals surface area contributed by atoms with E-state index in [4.69, 9.17) is 0 Å². The second-order valence-corrected chi connectivity index (χ2v) is 3.77. The third-order valence-corrected chi connectivity index (χ3v) is 2.74. The molecule has 14 heavy (non-hydrogen) atoms. The predicted molar refractivity (Wildman–Crippen MR) is 54.5 cm³/mol. The molecule has 1 unspecified atom stereocenters. The van der Waals surface area contributed by atoms with E-state index in [-0.39, 0.29) is 11.5 Å². The van der Waals surface area contributed by atoms with Gasteiger partial charge in [0.1, 0.15) is 11.5 Å². The Bertz CT molecular complexity index is 299. The zero-order valence-electron chi connectivity index (χ0n) is 8.03. The number of hydrogen-bond acceptors (Lipinski definition) is 3. The Labute approximate surface area is 83.4 Å². The molecule has 0 aliphatic carbocycles. The van der Waals surface area contributed by atoms with Crippen LogP contribution in [0, 0.1) is 0 Å². The summed E-state index contributed by atoms with van der Waals surface area (Å²) in [6.45, 7) is 1.04. The van der Waals surface area contributed by atoms with Crippen molar-refractivity contribution in [3.63, 3.8) is 0 Å². The van der Waals surface area contributed by atoms with Gasteiger partial charge in [-0.25, -0.2) is 0 Å². The summed E-state index contributed by atoms with van der Waals surface area (Å²) in [5.74, 6) is 0.386. The van der Waals surface area contributed by atoms with Crippen LogP contribution in [0.25, 0.3) is 0 Å². The van der Waals surface area contributed by atoms with Gasteiger partial charge in [-0.1, -0.05) is 6.07 Å². The van der Waals surface area contributed by atoms with Gasteiger partial charge in [-0.15, -0.1) is 0 Å². The van der Waals surface area contributed by atoms with Crippen LogP contribution >= 0.6 is 0 Å². The molecule has 1 aromatic carbocycles. The predicted octanol–water partition coefficient (Wildman–Crippen LogP) is 1.39. The number of hydrogen-bond donors (Lipinski definition) is 3. The zero-order valence-corrected chi connectivity index (χ0v) is 8.03. The summed E-state index contributed by atoms with van der Waals surface area (Å²) in [5, 5.41) is 22.5. The molecule has 1 heterocycles. The molecule has 0 amide bonds. The van der Waals surface area contributed by atoms with E-state index in [9.17, 15) is 10.2 Å². The topological polar surface area (TPSA) is 52.5 Å². The van der Waals surface area contributed by atoms with Crippen molar-refractivity contribution in [2.24, 2.45) is 0 Å². The van der Waals surface area contributed by atoms with Crippen LogP contribution in [-0.4, -0.2) is 22.8 Å². The van der Waals surface area contributed by atoms with E-state index in [2.05, 4.69) is 5.32 Å². The second-order valence-electron chi connectivity index (χ2n) is 3.77. The highest BCUT2D eigenvalue weighted by Crippen LogP contribution is 2.28. The Kier molecular flexibility index (Phi) is 2.59. The lowest BCUT2D eigenvalue weighted by Crippen LogP contribution is -2.23. The van der Waals surface area contributed by atoms with E-state index in [0.29, 0.717) is 18.0 Å². The van der Waals surface area contributed by atoms with Gasteiger partial charge in [0.05, 0.1) is 0 Å². The molecule has 3 nitrogen and oxygen atoms in total. The monoisotopic (exact) mass is 193 g/mol. The molecule has 1 saturated heterocycles. The molecule has 76 valence electrons. The largest absolute Gasteiger partial charge is 0.508 e. The molecule has 2 rings (SSSR count). The quantitative estimate of drug-likeness (QED) is 0.665. The van der Waals surface area contributed by atoms with Gasteiger partial charge < -0.3 is 15.5 Å². The van der Waals surface area contributed by atoms with E-state index in [0.717, 1.165) is 13.0 Å². The number of rotatable bonds is 2. The molecule has 1 fully saturated rings. The average molecular weight is 193 g/mol. The zero-order chi connectivity index (χ0) is 9.97. The molecule has 0 bridgehead atoms. The van der Waals surface area contributed by atoms with E-state index >= 15 is 0 Å². The van der Waals surface area contributed by atoms with Crippen molar-refractivity contribution >= 4 is 0 Å². The smallest absolute Gasteiger partial charge is 0.122 e. The fraction of sp³-hybridized carbons (Fsp3) is 0.455. The van der Waals surface area contributed by atoms with Crippen LogP contribution < -0.4 is 5.32 Å². The Morgan fingerprint density at radius 1 is 1.29 bits per heavy atom. The first-order valence-electron chi connectivity index (χ1n) is 5.00. The van der Waals surface area contributed by atoms with Crippen LogP contribution in [0.2, 0.25) is 0 Å². The first-order chi connectivity index (χ1) is 6.77. The van der Waals surface area contributed by atoms with Crippen LogP contribution in [0.5, 0.6) is 11.5 Å². The van der Waals surface area contributed by atoms with Gasteiger partial charge >= 0.3 is 0 Å². The van der Waals surface area contributed by atoms with Gasteiger partial charge in [0.25, 0.3) is 0 Å². The van der Waals surface area contributed by atoms with E-state index in [1.54, 1.807) is 18.2 Å². The molecule has 0 radical (unpaired) electrons. The first-order valence-corrected chi connectivity index (χ1v) is 5.00. The minimum atomic E-state index is 0.193. The molecule has 1 aliphatic heterocycles. The Morgan fingerprint density at radius 3 is 2.57 bits per heavy atom. The van der Waals surface area contributed by atoms with Crippen LogP contribution in [0.1, 0.15) is 18.4 Å². The molecule has 1 atom stereocenters. The third-order valence-electron chi connectivity index (χ3n) is 2.74. The fourth-order valence-electron chi connectivity index (χ4n) is 1.95. The molecule has 3 N–H and O–H groups in total. The maximum atomic E-state index is 9.56. The van der Waals surface area contributed by atoms with Crippen molar-refractivity contribution in [2.75, 3.05) is 6.54 Å². The third kappa shape index (κ3) is 1.82. The summed E-state index contributed by atoms with van der Waals surface area (Å²) in [5.41, 5.74) is 0.659. The van der Waals surface area contributed by atoms with Crippen LogP contribution in [-0.2, 0) is 6.42 Å². The molecule has 1 aliphatic rings. The van der Waals surface area contributed by atoms with Crippen molar-refractivity contribution in [1.82, 2.24) is 5.32 Å². The standard InChI is InChI=1S/C11H15NO2/c13-10-4-1-5-11(14)9(10)7-8-3-2-6-12-8/h1,4-5,8,12-14H,2-3,6-7H2. The second kappa shape index (κ2) is 3.88. The maximum absolute atomic E-state index is 9.56. The lowest BCUT2D eigenvalue weighted by Gasteiger charge is -2.12. The maximum Gasteiger partial charge on any atom is 0.122 e. The fourth-order valence-corrected chi connectivity index (χ4v) is 1.95. The highest BCUT2D eigenvalue weighted by Gasteiger charge is 2.17. The molecular formula is C11H15NO2. The first kappa shape index (κ1) is 9.34. The highest BCUT2D eigenvalue weighted by atomic mass is 16.3. The van der Waals surface area contributed by atoms with Gasteiger partial charge in [0.15, 0.2) is 0 Å². The normalized spacial score (nSPS) is 21.3.